The van der Waals surface area contributed by atoms with Crippen molar-refractivity contribution in [3.05, 3.63) is 78.0 Å². The molecular weight excluding hydrogens is 394 g/mol. The summed E-state index contributed by atoms with van der Waals surface area (Å²) in [6.45, 7) is 2.84. The maximum atomic E-state index is 13.5. The molecule has 5 rings (SSSR count). The van der Waals surface area contributed by atoms with Crippen molar-refractivity contribution < 1.29 is 14.0 Å². The number of fused-ring (bicyclic) bond motifs is 1. The Hall–Kier alpha value is -3.68. The van der Waals surface area contributed by atoms with E-state index in [-0.39, 0.29) is 17.6 Å². The van der Waals surface area contributed by atoms with E-state index in [1.54, 1.807) is 35.5 Å². The van der Waals surface area contributed by atoms with Crippen LogP contribution in [-0.4, -0.2) is 63.8 Å². The van der Waals surface area contributed by atoms with Gasteiger partial charge in [-0.2, -0.15) is 0 Å². The summed E-state index contributed by atoms with van der Waals surface area (Å²) in [5.41, 5.74) is 2.18. The van der Waals surface area contributed by atoms with Gasteiger partial charge in [-0.15, -0.1) is 0 Å². The number of piperazine rings is 1. The van der Waals surface area contributed by atoms with Gasteiger partial charge in [0.2, 0.25) is 11.9 Å². The summed E-state index contributed by atoms with van der Waals surface area (Å²) in [6.07, 6.45) is 5.42. The number of benzene rings is 1. The molecule has 1 aromatic carbocycles. The Morgan fingerprint density at radius 2 is 1.65 bits per heavy atom. The van der Waals surface area contributed by atoms with Gasteiger partial charge in [0.15, 0.2) is 5.76 Å². The van der Waals surface area contributed by atoms with E-state index in [0.717, 1.165) is 11.1 Å². The van der Waals surface area contributed by atoms with Crippen LogP contribution in [0.5, 0.6) is 0 Å². The maximum Gasteiger partial charge on any atom is 0.290 e. The van der Waals surface area contributed by atoms with Crippen molar-refractivity contribution in [2.75, 3.05) is 31.1 Å². The lowest BCUT2D eigenvalue weighted by molar-refractivity contribution is -0.137. The van der Waals surface area contributed by atoms with E-state index < -0.39 is 6.04 Å². The second kappa shape index (κ2) is 8.22. The Morgan fingerprint density at radius 3 is 2.35 bits per heavy atom. The number of nitrogens with zero attached hydrogens (tertiary/aromatic N) is 5. The molecule has 2 aromatic heterocycles. The number of hydrogen-bond acceptors (Lipinski definition) is 6. The molecule has 1 fully saturated rings. The van der Waals surface area contributed by atoms with E-state index in [1.807, 2.05) is 29.2 Å². The van der Waals surface area contributed by atoms with Crippen molar-refractivity contribution in [2.45, 2.75) is 19.0 Å². The molecule has 1 unspecified atom stereocenters. The molecule has 0 bridgehead atoms. The van der Waals surface area contributed by atoms with Gasteiger partial charge in [0.25, 0.3) is 5.91 Å². The summed E-state index contributed by atoms with van der Waals surface area (Å²) in [5, 5.41) is 0. The third-order valence-corrected chi connectivity index (χ3v) is 5.95. The van der Waals surface area contributed by atoms with Crippen molar-refractivity contribution in [1.82, 2.24) is 19.8 Å². The number of anilines is 1. The Kier molecular flexibility index (Phi) is 5.11. The molecular formula is C23H23N5O3. The van der Waals surface area contributed by atoms with Gasteiger partial charge in [-0.25, -0.2) is 9.97 Å². The van der Waals surface area contributed by atoms with Crippen LogP contribution in [0.1, 0.15) is 21.7 Å². The van der Waals surface area contributed by atoms with Crippen LogP contribution in [0.4, 0.5) is 5.95 Å². The predicted molar refractivity (Wildman–Crippen MR) is 113 cm³/mol. The van der Waals surface area contributed by atoms with Crippen LogP contribution in [0.3, 0.4) is 0 Å². The molecule has 1 atom stereocenters. The van der Waals surface area contributed by atoms with Crippen molar-refractivity contribution in [3.63, 3.8) is 0 Å². The van der Waals surface area contributed by atoms with Crippen molar-refractivity contribution in [2.24, 2.45) is 0 Å². The number of carbonyl (C=O) groups is 2. The van der Waals surface area contributed by atoms with Gasteiger partial charge >= 0.3 is 0 Å². The smallest absolute Gasteiger partial charge is 0.290 e. The standard InChI is InChI=1S/C23H23N5O3/c29-21(26-10-12-27(13-11-26)23-24-8-4-9-25-23)19-15-17-5-1-2-6-18(17)16-28(19)22(30)20-7-3-14-31-20/h1-9,14,19H,10-13,15-16H2. The fourth-order valence-electron chi connectivity index (χ4n) is 4.29. The van der Waals surface area contributed by atoms with Gasteiger partial charge in [0.05, 0.1) is 6.26 Å². The molecule has 158 valence electrons. The Morgan fingerprint density at radius 1 is 0.903 bits per heavy atom. The molecule has 31 heavy (non-hydrogen) atoms. The number of hydrogen-bond donors (Lipinski definition) is 0. The zero-order valence-electron chi connectivity index (χ0n) is 17.1. The van der Waals surface area contributed by atoms with E-state index in [2.05, 4.69) is 14.9 Å². The molecule has 0 aliphatic carbocycles. The Bertz CT molecular complexity index is 1060. The molecule has 8 nitrogen and oxygen atoms in total. The van der Waals surface area contributed by atoms with E-state index in [1.165, 1.54) is 6.26 Å². The fraction of sp³-hybridized carbons (Fsp3) is 0.304. The molecule has 1 saturated heterocycles. The first-order valence-corrected chi connectivity index (χ1v) is 10.4. The summed E-state index contributed by atoms with van der Waals surface area (Å²) < 4.78 is 5.34. The number of rotatable bonds is 3. The number of carbonyl (C=O) groups excluding carboxylic acids is 2. The minimum absolute atomic E-state index is 0.0250. The van der Waals surface area contributed by atoms with Crippen LogP contribution >= 0.6 is 0 Å². The van der Waals surface area contributed by atoms with Crippen LogP contribution in [0, 0.1) is 0 Å². The van der Waals surface area contributed by atoms with Gasteiger partial charge in [-0.05, 0) is 29.3 Å². The van der Waals surface area contributed by atoms with Gasteiger partial charge in [-0.3, -0.25) is 9.59 Å². The summed E-state index contributed by atoms with van der Waals surface area (Å²) in [5.74, 6) is 0.649. The third-order valence-electron chi connectivity index (χ3n) is 5.95. The molecule has 0 N–H and O–H groups in total. The Labute approximate surface area is 180 Å². The summed E-state index contributed by atoms with van der Waals surface area (Å²) >= 11 is 0. The molecule has 0 saturated carbocycles. The van der Waals surface area contributed by atoms with Gasteiger partial charge in [-0.1, -0.05) is 24.3 Å². The van der Waals surface area contributed by atoms with Gasteiger partial charge < -0.3 is 19.1 Å². The third kappa shape index (κ3) is 3.76. The molecule has 3 aromatic rings. The highest BCUT2D eigenvalue weighted by atomic mass is 16.3. The summed E-state index contributed by atoms with van der Waals surface area (Å²) in [4.78, 5) is 40.9. The highest BCUT2D eigenvalue weighted by Crippen LogP contribution is 2.27. The van der Waals surface area contributed by atoms with E-state index in [0.29, 0.717) is 45.1 Å². The topological polar surface area (TPSA) is 82.8 Å². The van der Waals surface area contributed by atoms with E-state index >= 15 is 0 Å². The molecule has 2 amide bonds. The average molecular weight is 417 g/mol. The van der Waals surface area contributed by atoms with Crippen molar-refractivity contribution >= 4 is 17.8 Å². The highest BCUT2D eigenvalue weighted by Gasteiger charge is 2.38. The van der Waals surface area contributed by atoms with Crippen LogP contribution < -0.4 is 4.90 Å². The normalized spacial score (nSPS) is 18.6. The van der Waals surface area contributed by atoms with E-state index in [4.69, 9.17) is 4.42 Å². The van der Waals surface area contributed by atoms with Crippen LogP contribution in [0.2, 0.25) is 0 Å². The van der Waals surface area contributed by atoms with Crippen molar-refractivity contribution in [1.29, 1.82) is 0 Å². The largest absolute Gasteiger partial charge is 0.459 e. The molecule has 0 spiro atoms. The average Bonchev–Trinajstić information content (AvgIpc) is 3.38. The van der Waals surface area contributed by atoms with Gasteiger partial charge in [0, 0.05) is 51.5 Å². The lowest BCUT2D eigenvalue weighted by Gasteiger charge is -2.41. The van der Waals surface area contributed by atoms with Crippen LogP contribution in [-0.2, 0) is 17.8 Å². The van der Waals surface area contributed by atoms with E-state index in [9.17, 15) is 9.59 Å². The molecule has 2 aliphatic rings. The molecule has 8 heteroatoms. The number of aromatic nitrogens is 2. The van der Waals surface area contributed by atoms with Gasteiger partial charge in [0.1, 0.15) is 6.04 Å². The van der Waals surface area contributed by atoms with Crippen molar-refractivity contribution in [3.8, 4) is 0 Å². The lowest BCUT2D eigenvalue weighted by Crippen LogP contribution is -2.57. The monoisotopic (exact) mass is 417 g/mol. The minimum Gasteiger partial charge on any atom is -0.459 e. The molecule has 4 heterocycles. The predicted octanol–water partition coefficient (Wildman–Crippen LogP) is 1.99. The second-order valence-corrected chi connectivity index (χ2v) is 7.76. The first-order chi connectivity index (χ1) is 15.2. The summed E-state index contributed by atoms with van der Waals surface area (Å²) in [7, 11) is 0. The zero-order chi connectivity index (χ0) is 21.2. The molecule has 0 radical (unpaired) electrons. The first-order valence-electron chi connectivity index (χ1n) is 10.4. The summed E-state index contributed by atoms with van der Waals surface area (Å²) in [6, 6.07) is 12.5. The first kappa shape index (κ1) is 19.3. The SMILES string of the molecule is O=C(C1Cc2ccccc2CN1C(=O)c1ccco1)N1CCN(c2ncccn2)CC1. The second-order valence-electron chi connectivity index (χ2n) is 7.76. The molecule has 2 aliphatic heterocycles. The number of amides is 2. The Balaban J connectivity index is 1.35. The van der Waals surface area contributed by atoms with Crippen LogP contribution in [0.15, 0.2) is 65.5 Å². The minimum atomic E-state index is -0.549. The zero-order valence-corrected chi connectivity index (χ0v) is 17.1. The maximum absolute atomic E-state index is 13.5. The number of furan rings is 1. The van der Waals surface area contributed by atoms with Crippen LogP contribution in [0.25, 0.3) is 0 Å². The quantitative estimate of drug-likeness (QED) is 0.648. The lowest BCUT2D eigenvalue weighted by atomic mass is 9.92. The fourth-order valence-corrected chi connectivity index (χ4v) is 4.29. The highest BCUT2D eigenvalue weighted by molar-refractivity contribution is 5.96.